The summed E-state index contributed by atoms with van der Waals surface area (Å²) in [7, 11) is 1.64. The molecule has 0 spiro atoms. The molecule has 1 aromatic heterocycles. The number of hydrogen-bond acceptors (Lipinski definition) is 3. The Kier molecular flexibility index (Phi) is 5.04. The zero-order valence-corrected chi connectivity index (χ0v) is 12.5. The molecular weight excluding hydrogens is 285 g/mol. The van der Waals surface area contributed by atoms with Crippen LogP contribution in [0.25, 0.3) is 0 Å². The number of aryl methyl sites for hydroxylation is 1. The molecule has 0 saturated heterocycles. The van der Waals surface area contributed by atoms with Gasteiger partial charge in [0.1, 0.15) is 5.82 Å². The Bertz CT molecular complexity index is 677. The van der Waals surface area contributed by atoms with Crippen LogP contribution in [0.4, 0.5) is 4.39 Å². The standard InChI is InChI=1S/C16H18FN3O2/c1-11-9-19-20(10-11)14(7-8-15(21)22)16(18-2)12-3-5-13(17)6-4-12/h3-6,9-10,14H,7-8H2,1-2H3,(H,21,22). The molecule has 1 aromatic carbocycles. The summed E-state index contributed by atoms with van der Waals surface area (Å²) < 4.78 is 14.8. The summed E-state index contributed by atoms with van der Waals surface area (Å²) in [6.45, 7) is 1.92. The molecule has 1 N–H and O–H groups in total. The van der Waals surface area contributed by atoms with Crippen LogP contribution in [0.5, 0.6) is 0 Å². The highest BCUT2D eigenvalue weighted by molar-refractivity contribution is 6.03. The van der Waals surface area contributed by atoms with Gasteiger partial charge >= 0.3 is 5.97 Å². The van der Waals surface area contributed by atoms with Crippen molar-refractivity contribution in [2.45, 2.75) is 25.8 Å². The predicted molar refractivity (Wildman–Crippen MR) is 81.7 cm³/mol. The number of halogens is 1. The van der Waals surface area contributed by atoms with Gasteiger partial charge in [0.05, 0.1) is 18.0 Å². The van der Waals surface area contributed by atoms with Crippen molar-refractivity contribution in [1.82, 2.24) is 9.78 Å². The van der Waals surface area contributed by atoms with Crippen molar-refractivity contribution in [1.29, 1.82) is 0 Å². The molecule has 0 bridgehead atoms. The Labute approximate surface area is 128 Å². The highest BCUT2D eigenvalue weighted by Crippen LogP contribution is 2.21. The minimum absolute atomic E-state index is 0.00376. The summed E-state index contributed by atoms with van der Waals surface area (Å²) in [5.74, 6) is -1.19. The molecule has 2 rings (SSSR count). The maximum atomic E-state index is 13.1. The van der Waals surface area contributed by atoms with E-state index in [2.05, 4.69) is 10.1 Å². The van der Waals surface area contributed by atoms with Crippen molar-refractivity contribution in [2.24, 2.45) is 4.99 Å². The first-order chi connectivity index (χ1) is 10.5. The van der Waals surface area contributed by atoms with Gasteiger partial charge in [-0.2, -0.15) is 5.10 Å². The second-order valence-electron chi connectivity index (χ2n) is 5.06. The van der Waals surface area contributed by atoms with Crippen molar-refractivity contribution in [2.75, 3.05) is 7.05 Å². The highest BCUT2D eigenvalue weighted by Gasteiger charge is 2.21. The summed E-state index contributed by atoms with van der Waals surface area (Å²) in [5.41, 5.74) is 2.42. The van der Waals surface area contributed by atoms with E-state index in [1.165, 1.54) is 12.1 Å². The Balaban J connectivity index is 2.36. The number of carboxylic acid groups (broad SMARTS) is 1. The summed E-state index contributed by atoms with van der Waals surface area (Å²) in [4.78, 5) is 15.2. The normalized spacial score (nSPS) is 13.1. The maximum Gasteiger partial charge on any atom is 0.303 e. The SMILES string of the molecule is CN=C(c1ccc(F)cc1)C(CCC(=O)O)n1cc(C)cn1. The van der Waals surface area contributed by atoms with Crippen molar-refractivity contribution >= 4 is 11.7 Å². The minimum atomic E-state index is -0.872. The van der Waals surface area contributed by atoms with Gasteiger partial charge in [-0.3, -0.25) is 14.5 Å². The van der Waals surface area contributed by atoms with E-state index in [4.69, 9.17) is 5.11 Å². The fourth-order valence-corrected chi connectivity index (χ4v) is 2.35. The Morgan fingerprint density at radius 1 is 1.41 bits per heavy atom. The lowest BCUT2D eigenvalue weighted by Crippen LogP contribution is -2.22. The molecule has 6 heteroatoms. The second-order valence-corrected chi connectivity index (χ2v) is 5.06. The summed E-state index contributed by atoms with van der Waals surface area (Å²) in [5, 5.41) is 13.2. The fourth-order valence-electron chi connectivity index (χ4n) is 2.35. The second kappa shape index (κ2) is 6.98. The molecule has 1 heterocycles. The van der Waals surface area contributed by atoms with Gasteiger partial charge in [0, 0.05) is 19.7 Å². The Hall–Kier alpha value is -2.50. The molecule has 0 aliphatic heterocycles. The first kappa shape index (κ1) is 15.9. The molecule has 2 aromatic rings. The highest BCUT2D eigenvalue weighted by atomic mass is 19.1. The molecule has 0 aliphatic rings. The molecule has 5 nitrogen and oxygen atoms in total. The minimum Gasteiger partial charge on any atom is -0.481 e. The number of carbonyl (C=O) groups is 1. The first-order valence-electron chi connectivity index (χ1n) is 6.96. The van der Waals surface area contributed by atoms with E-state index in [1.807, 2.05) is 13.1 Å². The number of aliphatic carboxylic acids is 1. The van der Waals surface area contributed by atoms with Gasteiger partial charge in [0.2, 0.25) is 0 Å². The van der Waals surface area contributed by atoms with Crippen LogP contribution in [0, 0.1) is 12.7 Å². The van der Waals surface area contributed by atoms with E-state index in [1.54, 1.807) is 30.1 Å². The Morgan fingerprint density at radius 2 is 2.09 bits per heavy atom. The van der Waals surface area contributed by atoms with Crippen LogP contribution in [0.3, 0.4) is 0 Å². The topological polar surface area (TPSA) is 67.5 Å². The first-order valence-corrected chi connectivity index (χ1v) is 6.96. The van der Waals surface area contributed by atoms with Crippen LogP contribution in [-0.4, -0.2) is 33.6 Å². The zero-order valence-electron chi connectivity index (χ0n) is 12.5. The van der Waals surface area contributed by atoms with Gasteiger partial charge < -0.3 is 5.11 Å². The quantitative estimate of drug-likeness (QED) is 0.834. The van der Waals surface area contributed by atoms with Crippen molar-refractivity contribution in [3.05, 3.63) is 53.6 Å². The van der Waals surface area contributed by atoms with E-state index < -0.39 is 5.97 Å². The molecule has 0 saturated carbocycles. The van der Waals surface area contributed by atoms with E-state index in [0.717, 1.165) is 11.1 Å². The average Bonchev–Trinajstić information content (AvgIpc) is 2.91. The summed E-state index contributed by atoms with van der Waals surface area (Å²) in [6.07, 6.45) is 3.93. The van der Waals surface area contributed by atoms with Crippen molar-refractivity contribution in [3.8, 4) is 0 Å². The van der Waals surface area contributed by atoms with Gasteiger partial charge in [0.15, 0.2) is 0 Å². The largest absolute Gasteiger partial charge is 0.481 e. The molecule has 116 valence electrons. The maximum absolute atomic E-state index is 13.1. The monoisotopic (exact) mass is 303 g/mol. The summed E-state index contributed by atoms with van der Waals surface area (Å²) in [6, 6.07) is 5.70. The molecule has 0 amide bonds. The van der Waals surface area contributed by atoms with Crippen LogP contribution in [0.2, 0.25) is 0 Å². The number of rotatable bonds is 6. The van der Waals surface area contributed by atoms with Gasteiger partial charge in [-0.05, 0) is 36.6 Å². The van der Waals surface area contributed by atoms with Gasteiger partial charge in [-0.15, -0.1) is 0 Å². The lowest BCUT2D eigenvalue weighted by molar-refractivity contribution is -0.137. The fraction of sp³-hybridized carbons (Fsp3) is 0.312. The van der Waals surface area contributed by atoms with Gasteiger partial charge in [-0.25, -0.2) is 4.39 Å². The van der Waals surface area contributed by atoms with E-state index in [9.17, 15) is 9.18 Å². The van der Waals surface area contributed by atoms with Crippen LogP contribution in [0.15, 0.2) is 41.7 Å². The van der Waals surface area contributed by atoms with Crippen LogP contribution >= 0.6 is 0 Å². The smallest absolute Gasteiger partial charge is 0.303 e. The molecule has 1 atom stereocenters. The zero-order chi connectivity index (χ0) is 16.1. The van der Waals surface area contributed by atoms with Crippen LogP contribution in [0.1, 0.15) is 30.0 Å². The molecule has 0 radical (unpaired) electrons. The average molecular weight is 303 g/mol. The Morgan fingerprint density at radius 3 is 2.59 bits per heavy atom. The molecule has 0 aliphatic carbocycles. The van der Waals surface area contributed by atoms with Gasteiger partial charge in [0.25, 0.3) is 0 Å². The van der Waals surface area contributed by atoms with E-state index >= 15 is 0 Å². The third-order valence-electron chi connectivity index (χ3n) is 3.38. The lowest BCUT2D eigenvalue weighted by atomic mass is 9.99. The molecular formula is C16H18FN3O2. The molecule has 22 heavy (non-hydrogen) atoms. The summed E-state index contributed by atoms with van der Waals surface area (Å²) >= 11 is 0. The lowest BCUT2D eigenvalue weighted by Gasteiger charge is -2.19. The van der Waals surface area contributed by atoms with Gasteiger partial charge in [-0.1, -0.05) is 12.1 Å². The number of benzene rings is 1. The molecule has 1 unspecified atom stereocenters. The third kappa shape index (κ3) is 3.78. The van der Waals surface area contributed by atoms with Crippen molar-refractivity contribution < 1.29 is 14.3 Å². The predicted octanol–water partition coefficient (Wildman–Crippen LogP) is 2.86. The third-order valence-corrected chi connectivity index (χ3v) is 3.38. The van der Waals surface area contributed by atoms with Crippen LogP contribution in [-0.2, 0) is 4.79 Å². The number of aromatic nitrogens is 2. The van der Waals surface area contributed by atoms with E-state index in [0.29, 0.717) is 12.1 Å². The van der Waals surface area contributed by atoms with Crippen molar-refractivity contribution in [3.63, 3.8) is 0 Å². The van der Waals surface area contributed by atoms with E-state index in [-0.39, 0.29) is 18.3 Å². The number of nitrogens with zero attached hydrogens (tertiary/aromatic N) is 3. The molecule has 0 fully saturated rings. The van der Waals surface area contributed by atoms with Crippen LogP contribution < -0.4 is 0 Å². The number of carboxylic acids is 1. The number of aliphatic imine (C=N–C) groups is 1. The number of hydrogen-bond donors (Lipinski definition) is 1.